The van der Waals surface area contributed by atoms with E-state index in [0.717, 1.165) is 0 Å². The molecule has 0 radical (unpaired) electrons. The molecular weight excluding hydrogens is 696 g/mol. The number of fused-ring (bicyclic) bond motifs is 4. The summed E-state index contributed by atoms with van der Waals surface area (Å²) in [5.74, 6) is -2.17. The number of hydrogen-bond donors (Lipinski definition) is 3. The summed E-state index contributed by atoms with van der Waals surface area (Å²) in [4.78, 5) is 59.2. The van der Waals surface area contributed by atoms with Gasteiger partial charge in [-0.25, -0.2) is 0 Å². The number of allylic oxidation sites excluding steroid dienone is 2. The molecular formula is C41H50N2O11. The second-order valence-corrected chi connectivity index (χ2v) is 15.6. The van der Waals surface area contributed by atoms with E-state index in [-0.39, 0.29) is 56.5 Å². The Kier molecular flexibility index (Phi) is 10.3. The molecule has 290 valence electrons. The van der Waals surface area contributed by atoms with E-state index in [1.165, 1.54) is 25.1 Å². The van der Waals surface area contributed by atoms with Crippen LogP contribution in [0.25, 0.3) is 16.5 Å². The van der Waals surface area contributed by atoms with Gasteiger partial charge >= 0.3 is 5.97 Å². The van der Waals surface area contributed by atoms with E-state index >= 15 is 4.79 Å². The van der Waals surface area contributed by atoms with Crippen molar-refractivity contribution >= 4 is 34.1 Å². The van der Waals surface area contributed by atoms with Crippen LogP contribution in [0.2, 0.25) is 0 Å². The van der Waals surface area contributed by atoms with Crippen LogP contribution in [0, 0.1) is 6.92 Å². The van der Waals surface area contributed by atoms with Crippen molar-refractivity contribution in [1.29, 1.82) is 0 Å². The number of carbonyl (C=O) groups is 3. The van der Waals surface area contributed by atoms with Crippen LogP contribution in [0.15, 0.2) is 33.5 Å². The third kappa shape index (κ3) is 6.11. The van der Waals surface area contributed by atoms with Crippen LogP contribution in [-0.2, 0) is 19.0 Å². The molecule has 3 N–H and O–H groups in total. The van der Waals surface area contributed by atoms with Crippen molar-refractivity contribution in [1.82, 2.24) is 9.80 Å². The van der Waals surface area contributed by atoms with Crippen LogP contribution in [0.5, 0.6) is 5.75 Å². The topological polar surface area (TPSA) is 176 Å². The van der Waals surface area contributed by atoms with Gasteiger partial charge in [0.2, 0.25) is 5.78 Å². The highest BCUT2D eigenvalue weighted by atomic mass is 16.6. The quantitative estimate of drug-likeness (QED) is 0.240. The zero-order chi connectivity index (χ0) is 39.9. The molecule has 1 aliphatic carbocycles. The standard InChI is InChI=1S/C41H50N2O11/c1-12-17(2)26-15-25(45)28-18(3)13-23-30(39(28)54-26)36(49)31-29(35(23)48)24(38-37(50)32(42(8)9)33(46)19(4)52-38)14-22(34(31)47)27-16-41(7,43(10)11)40(20(5)51-27)53-21(6)44/h12-15,19-20,27,32-33,37-38,40,46-47,50H,16H2,1-11H3/t19-,20+,27+,32-,33-,37-,38+,40+,41-/m0/s1. The smallest absolute Gasteiger partial charge is 0.303 e. The molecule has 9 atom stereocenters. The summed E-state index contributed by atoms with van der Waals surface area (Å²) in [7, 11) is 7.10. The Morgan fingerprint density at radius 1 is 0.926 bits per heavy atom. The second-order valence-electron chi connectivity index (χ2n) is 15.6. The highest BCUT2D eigenvalue weighted by molar-refractivity contribution is 6.33. The molecule has 3 aromatic rings. The van der Waals surface area contributed by atoms with Crippen molar-refractivity contribution in [2.75, 3.05) is 28.2 Å². The number of aryl methyl sites for hydroxylation is 1. The first kappa shape index (κ1) is 39.5. The largest absolute Gasteiger partial charge is 0.507 e. The predicted molar refractivity (Wildman–Crippen MR) is 200 cm³/mol. The number of likely N-dealkylation sites (N-methyl/N-ethyl adjacent to an activating group) is 2. The Labute approximate surface area is 314 Å². The lowest BCUT2D eigenvalue weighted by atomic mass is 9.74. The van der Waals surface area contributed by atoms with Gasteiger partial charge in [0.05, 0.1) is 52.5 Å². The molecule has 2 aliphatic heterocycles. The fourth-order valence-electron chi connectivity index (χ4n) is 8.49. The van der Waals surface area contributed by atoms with Crippen molar-refractivity contribution in [3.05, 3.63) is 79.2 Å². The van der Waals surface area contributed by atoms with Gasteiger partial charge in [-0.15, -0.1) is 0 Å². The van der Waals surface area contributed by atoms with E-state index in [1.54, 1.807) is 59.7 Å². The second kappa shape index (κ2) is 14.1. The highest BCUT2D eigenvalue weighted by Crippen LogP contribution is 2.50. The maximum Gasteiger partial charge on any atom is 0.303 e. The number of ether oxygens (including phenoxy) is 3. The number of esters is 1. The summed E-state index contributed by atoms with van der Waals surface area (Å²) in [6, 6.07) is 3.54. The predicted octanol–water partition coefficient (Wildman–Crippen LogP) is 4.22. The monoisotopic (exact) mass is 746 g/mol. The maximum atomic E-state index is 15.0. The zero-order valence-electron chi connectivity index (χ0n) is 32.6. The molecule has 2 aromatic carbocycles. The van der Waals surface area contributed by atoms with Gasteiger partial charge in [0.25, 0.3) is 0 Å². The van der Waals surface area contributed by atoms with Gasteiger partial charge in [-0.05, 0) is 105 Å². The summed E-state index contributed by atoms with van der Waals surface area (Å²) in [6.07, 6.45) is -4.87. The van der Waals surface area contributed by atoms with Gasteiger partial charge in [0, 0.05) is 29.7 Å². The summed E-state index contributed by atoms with van der Waals surface area (Å²) in [6.45, 7) is 11.8. The van der Waals surface area contributed by atoms with Gasteiger partial charge in [-0.1, -0.05) is 6.08 Å². The number of ketones is 2. The molecule has 3 aliphatic rings. The number of aliphatic hydroxyl groups is 2. The Morgan fingerprint density at radius 3 is 2.19 bits per heavy atom. The van der Waals surface area contributed by atoms with E-state index in [9.17, 15) is 29.7 Å². The lowest BCUT2D eigenvalue weighted by molar-refractivity contribution is -0.201. The van der Waals surface area contributed by atoms with Crippen LogP contribution < -0.4 is 5.43 Å². The number of aliphatic hydroxyl groups excluding tert-OH is 2. The number of benzene rings is 2. The minimum Gasteiger partial charge on any atom is -0.507 e. The number of nitrogens with zero attached hydrogens (tertiary/aromatic N) is 2. The van der Waals surface area contributed by atoms with Crippen molar-refractivity contribution < 1.29 is 48.3 Å². The Morgan fingerprint density at radius 2 is 1.59 bits per heavy atom. The SMILES string of the molecule is CC=C(C)c1cc(=O)c2c(C)cc3c(c2o1)C(=O)c1c(O)c([C@H]2C[C@](C)(N(C)C)[C@H](OC(C)=O)[C@@H](C)O2)cc([C@H]2O[C@@H](C)[C@H](O)[C@H](N(C)C)[C@@H]2O)c1C3=O. The molecule has 3 heterocycles. The Hall–Kier alpha value is -4.24. The van der Waals surface area contributed by atoms with Crippen LogP contribution in [0.3, 0.4) is 0 Å². The van der Waals surface area contributed by atoms with Crippen LogP contribution in [0.1, 0.15) is 114 Å². The van der Waals surface area contributed by atoms with E-state index in [2.05, 4.69) is 0 Å². The minimum atomic E-state index is -1.38. The molecule has 6 rings (SSSR count). The minimum absolute atomic E-state index is 0.0289. The van der Waals surface area contributed by atoms with E-state index in [1.807, 2.05) is 25.9 Å². The van der Waals surface area contributed by atoms with E-state index in [0.29, 0.717) is 11.1 Å². The van der Waals surface area contributed by atoms with Crippen LogP contribution in [0.4, 0.5) is 0 Å². The molecule has 0 amide bonds. The molecule has 1 aromatic heterocycles. The first-order valence-corrected chi connectivity index (χ1v) is 18.2. The van der Waals surface area contributed by atoms with E-state index in [4.69, 9.17) is 18.6 Å². The lowest BCUT2D eigenvalue weighted by Crippen LogP contribution is -2.61. The van der Waals surface area contributed by atoms with Crippen molar-refractivity contribution in [2.45, 2.75) is 109 Å². The van der Waals surface area contributed by atoms with Crippen molar-refractivity contribution in [3.8, 4) is 5.75 Å². The zero-order valence-corrected chi connectivity index (χ0v) is 32.6. The van der Waals surface area contributed by atoms with Gasteiger partial charge in [-0.2, -0.15) is 0 Å². The number of aromatic hydroxyl groups is 1. The maximum absolute atomic E-state index is 15.0. The average Bonchev–Trinajstić information content (AvgIpc) is 3.09. The van der Waals surface area contributed by atoms with Gasteiger partial charge in [-0.3, -0.25) is 19.2 Å². The summed E-state index contributed by atoms with van der Waals surface area (Å²) in [5, 5.41) is 35.4. The molecule has 2 saturated heterocycles. The fraction of sp³-hybridized carbons (Fsp3) is 0.512. The number of phenols is 1. The van der Waals surface area contributed by atoms with Gasteiger partial charge in [0.15, 0.2) is 16.8 Å². The number of hydrogen-bond acceptors (Lipinski definition) is 13. The molecule has 0 saturated carbocycles. The molecule has 13 heteroatoms. The Bertz CT molecular complexity index is 2150. The summed E-state index contributed by atoms with van der Waals surface area (Å²) in [5.41, 5.74) is -0.668. The van der Waals surface area contributed by atoms with Crippen LogP contribution >= 0.6 is 0 Å². The lowest BCUT2D eigenvalue weighted by Gasteiger charge is -2.50. The molecule has 0 unspecified atom stereocenters. The molecule has 54 heavy (non-hydrogen) atoms. The third-order valence-corrected chi connectivity index (χ3v) is 11.7. The summed E-state index contributed by atoms with van der Waals surface area (Å²) < 4.78 is 24.8. The number of carbonyl (C=O) groups excluding carboxylic acids is 3. The molecule has 0 bridgehead atoms. The third-order valence-electron chi connectivity index (χ3n) is 11.7. The first-order chi connectivity index (χ1) is 25.2. The van der Waals surface area contributed by atoms with Crippen molar-refractivity contribution in [3.63, 3.8) is 0 Å². The van der Waals surface area contributed by atoms with Gasteiger partial charge < -0.3 is 43.7 Å². The number of rotatable bonds is 6. The molecule has 0 spiro atoms. The molecule has 2 fully saturated rings. The van der Waals surface area contributed by atoms with E-state index < -0.39 is 83.0 Å². The number of phenolic OH excluding ortho intramolecular Hbond substituents is 1. The fourth-order valence-corrected chi connectivity index (χ4v) is 8.49. The van der Waals surface area contributed by atoms with Gasteiger partial charge in [0.1, 0.15) is 29.8 Å². The summed E-state index contributed by atoms with van der Waals surface area (Å²) >= 11 is 0. The normalized spacial score (nSPS) is 30.2. The average molecular weight is 747 g/mol. The molecule has 13 nitrogen and oxygen atoms in total. The highest BCUT2D eigenvalue weighted by Gasteiger charge is 2.52. The van der Waals surface area contributed by atoms with Crippen molar-refractivity contribution in [2.24, 2.45) is 0 Å². The first-order valence-electron chi connectivity index (χ1n) is 18.2. The Balaban J connectivity index is 1.65. The van der Waals surface area contributed by atoms with Crippen LogP contribution in [-0.4, -0.2) is 113 Å².